The highest BCUT2D eigenvalue weighted by Crippen LogP contribution is 2.26. The molecule has 2 aromatic carbocycles. The first-order chi connectivity index (χ1) is 14.7. The summed E-state index contributed by atoms with van der Waals surface area (Å²) in [4.78, 5) is 32.6. The van der Waals surface area contributed by atoms with Crippen LogP contribution in [-0.4, -0.2) is 59.4 Å². The van der Waals surface area contributed by atoms with Gasteiger partial charge in [0.25, 0.3) is 5.91 Å². The number of amides is 2. The van der Waals surface area contributed by atoms with Crippen LogP contribution in [0.5, 0.6) is 5.75 Å². The molecule has 3 aromatic rings. The van der Waals surface area contributed by atoms with Crippen molar-refractivity contribution in [3.05, 3.63) is 71.4 Å². The molecule has 6 heteroatoms. The number of hydrogen-bond donors (Lipinski definition) is 1. The highest BCUT2D eigenvalue weighted by atomic mass is 16.5. The monoisotopic (exact) mass is 401 g/mol. The van der Waals surface area contributed by atoms with Crippen molar-refractivity contribution in [1.29, 1.82) is 0 Å². The van der Waals surface area contributed by atoms with Gasteiger partial charge in [0.15, 0.2) is 0 Å². The van der Waals surface area contributed by atoms with Gasteiger partial charge < -0.3 is 19.5 Å². The largest absolute Gasteiger partial charge is 0.488 e. The van der Waals surface area contributed by atoms with Crippen molar-refractivity contribution in [2.24, 2.45) is 0 Å². The predicted octanol–water partition coefficient (Wildman–Crippen LogP) is 2.86. The summed E-state index contributed by atoms with van der Waals surface area (Å²) in [6.07, 6.45) is 4.19. The molecule has 6 nitrogen and oxygen atoms in total. The summed E-state index contributed by atoms with van der Waals surface area (Å²) in [5.41, 5.74) is 3.64. The molecule has 3 heterocycles. The van der Waals surface area contributed by atoms with Crippen molar-refractivity contribution in [2.75, 3.05) is 32.8 Å². The number of rotatable bonds is 3. The van der Waals surface area contributed by atoms with Gasteiger partial charge in [0.05, 0.1) is 12.0 Å². The molecular formula is C24H23N3O3. The van der Waals surface area contributed by atoms with Crippen molar-refractivity contribution in [3.63, 3.8) is 0 Å². The minimum Gasteiger partial charge on any atom is -0.488 e. The van der Waals surface area contributed by atoms with Gasteiger partial charge in [0.1, 0.15) is 12.4 Å². The molecule has 1 N–H and O–H groups in total. The highest BCUT2D eigenvalue weighted by Gasteiger charge is 2.27. The number of hydrogen-bond acceptors (Lipinski definition) is 3. The van der Waals surface area contributed by atoms with Gasteiger partial charge in [0.2, 0.25) is 5.91 Å². The lowest BCUT2D eigenvalue weighted by atomic mass is 10.1. The third-order valence-electron chi connectivity index (χ3n) is 5.84. The van der Waals surface area contributed by atoms with E-state index < -0.39 is 0 Å². The van der Waals surface area contributed by atoms with Crippen molar-refractivity contribution in [2.45, 2.75) is 6.42 Å². The molecule has 0 atom stereocenters. The van der Waals surface area contributed by atoms with E-state index in [1.165, 1.54) is 0 Å². The predicted molar refractivity (Wildman–Crippen MR) is 115 cm³/mol. The zero-order valence-corrected chi connectivity index (χ0v) is 16.6. The molecule has 1 saturated heterocycles. The number of fused-ring (bicyclic) bond motifs is 2. The van der Waals surface area contributed by atoms with E-state index in [4.69, 9.17) is 4.74 Å². The quantitative estimate of drug-likeness (QED) is 0.734. The van der Waals surface area contributed by atoms with E-state index in [0.717, 1.165) is 27.8 Å². The van der Waals surface area contributed by atoms with E-state index in [9.17, 15) is 9.59 Å². The second-order valence-electron chi connectivity index (χ2n) is 7.71. The van der Waals surface area contributed by atoms with Crippen molar-refractivity contribution >= 4 is 28.8 Å². The van der Waals surface area contributed by atoms with Gasteiger partial charge in [-0.1, -0.05) is 36.4 Å². The lowest BCUT2D eigenvalue weighted by molar-refractivity contribution is -0.137. The summed E-state index contributed by atoms with van der Waals surface area (Å²) in [6, 6.07) is 15.7. The van der Waals surface area contributed by atoms with Crippen LogP contribution in [0.25, 0.3) is 17.0 Å². The maximum Gasteiger partial charge on any atom is 0.253 e. The van der Waals surface area contributed by atoms with Crippen LogP contribution >= 0.6 is 0 Å². The fourth-order valence-electron chi connectivity index (χ4n) is 4.15. The standard InChI is InChI=1S/C24H23N3O3/c28-23(14-18-15-25-21-7-3-2-6-20(18)21)26-9-11-27(12-10-26)24(29)19-13-17-5-1-4-8-22(17)30-16-19/h1-8,13,15,25H,9-12,14,16H2. The summed E-state index contributed by atoms with van der Waals surface area (Å²) < 4.78 is 5.72. The number of carbonyl (C=O) groups is 2. The summed E-state index contributed by atoms with van der Waals surface area (Å²) in [6.45, 7) is 2.47. The van der Waals surface area contributed by atoms with Crippen LogP contribution in [-0.2, 0) is 16.0 Å². The first kappa shape index (κ1) is 18.5. The van der Waals surface area contributed by atoms with Crippen LogP contribution < -0.4 is 4.74 Å². The SMILES string of the molecule is O=C(Cc1c[nH]c2ccccc12)N1CCN(C(=O)C2=Cc3ccccc3OC2)CC1. The van der Waals surface area contributed by atoms with E-state index in [0.29, 0.717) is 38.2 Å². The topological polar surface area (TPSA) is 65.6 Å². The Balaban J connectivity index is 1.21. The number of benzene rings is 2. The van der Waals surface area contributed by atoms with E-state index in [2.05, 4.69) is 4.98 Å². The molecular weight excluding hydrogens is 378 g/mol. The summed E-state index contributed by atoms with van der Waals surface area (Å²) in [7, 11) is 0. The number of aromatic nitrogens is 1. The van der Waals surface area contributed by atoms with Crippen molar-refractivity contribution in [3.8, 4) is 5.75 Å². The van der Waals surface area contributed by atoms with Crippen LogP contribution in [0.15, 0.2) is 60.3 Å². The van der Waals surface area contributed by atoms with Crippen LogP contribution in [0.3, 0.4) is 0 Å². The van der Waals surface area contributed by atoms with Crippen molar-refractivity contribution in [1.82, 2.24) is 14.8 Å². The van der Waals surface area contributed by atoms with Crippen LogP contribution in [0.1, 0.15) is 11.1 Å². The molecule has 0 aliphatic carbocycles. The number of nitrogens with one attached hydrogen (secondary N) is 1. The average Bonchev–Trinajstić information content (AvgIpc) is 3.21. The normalized spacial score (nSPS) is 16.1. The Hall–Kier alpha value is -3.54. The average molecular weight is 401 g/mol. The molecule has 0 spiro atoms. The molecule has 5 rings (SSSR count). The number of nitrogens with zero attached hydrogens (tertiary/aromatic N) is 2. The molecule has 1 aromatic heterocycles. The number of H-pyrrole nitrogens is 1. The van der Waals surface area contributed by atoms with Crippen molar-refractivity contribution < 1.29 is 14.3 Å². The van der Waals surface area contributed by atoms with Gasteiger partial charge in [-0.25, -0.2) is 0 Å². The van der Waals surface area contributed by atoms with E-state index >= 15 is 0 Å². The first-order valence-electron chi connectivity index (χ1n) is 10.2. The molecule has 2 aliphatic heterocycles. The van der Waals surface area contributed by atoms with Gasteiger partial charge in [0, 0.05) is 48.8 Å². The maximum atomic E-state index is 12.9. The van der Waals surface area contributed by atoms with E-state index in [1.54, 1.807) is 0 Å². The zero-order valence-electron chi connectivity index (χ0n) is 16.6. The van der Waals surface area contributed by atoms with Gasteiger partial charge in [-0.3, -0.25) is 9.59 Å². The molecule has 0 radical (unpaired) electrons. The molecule has 0 saturated carbocycles. The van der Waals surface area contributed by atoms with E-state index in [-0.39, 0.29) is 18.4 Å². The number of carbonyl (C=O) groups excluding carboxylic acids is 2. The molecule has 0 unspecified atom stereocenters. The Morgan fingerprint density at radius 3 is 2.53 bits per heavy atom. The van der Waals surface area contributed by atoms with Gasteiger partial charge in [-0.15, -0.1) is 0 Å². The summed E-state index contributed by atoms with van der Waals surface area (Å²) in [5.74, 6) is 0.899. The Morgan fingerprint density at radius 2 is 1.67 bits per heavy atom. The molecule has 30 heavy (non-hydrogen) atoms. The molecule has 1 fully saturated rings. The highest BCUT2D eigenvalue weighted by molar-refractivity contribution is 5.99. The fraction of sp³-hybridized carbons (Fsp3) is 0.250. The van der Waals surface area contributed by atoms with Crippen LogP contribution in [0, 0.1) is 0 Å². The summed E-state index contributed by atoms with van der Waals surface area (Å²) in [5, 5.41) is 1.09. The Kier molecular flexibility index (Phi) is 4.75. The minimum absolute atomic E-state index is 0.00627. The number of piperazine rings is 1. The fourth-order valence-corrected chi connectivity index (χ4v) is 4.15. The second-order valence-corrected chi connectivity index (χ2v) is 7.71. The van der Waals surface area contributed by atoms with E-state index in [1.807, 2.05) is 70.6 Å². The molecule has 0 bridgehead atoms. The lowest BCUT2D eigenvalue weighted by Gasteiger charge is -2.35. The summed E-state index contributed by atoms with van der Waals surface area (Å²) >= 11 is 0. The third-order valence-corrected chi connectivity index (χ3v) is 5.84. The van der Waals surface area contributed by atoms with Crippen LogP contribution in [0.4, 0.5) is 0 Å². The number of ether oxygens (including phenoxy) is 1. The second kappa shape index (κ2) is 7.71. The zero-order chi connectivity index (χ0) is 20.5. The Labute approximate surface area is 174 Å². The smallest absolute Gasteiger partial charge is 0.253 e. The molecule has 2 aliphatic rings. The maximum absolute atomic E-state index is 12.9. The lowest BCUT2D eigenvalue weighted by Crippen LogP contribution is -2.51. The first-order valence-corrected chi connectivity index (χ1v) is 10.2. The third kappa shape index (κ3) is 3.45. The van der Waals surface area contributed by atoms with Crippen LogP contribution in [0.2, 0.25) is 0 Å². The Morgan fingerprint density at radius 1 is 0.933 bits per heavy atom. The Bertz CT molecular complexity index is 1140. The number of aromatic amines is 1. The molecule has 2 amide bonds. The molecule has 152 valence electrons. The van der Waals surface area contributed by atoms with Gasteiger partial charge in [-0.05, 0) is 23.8 Å². The van der Waals surface area contributed by atoms with Gasteiger partial charge in [-0.2, -0.15) is 0 Å². The number of para-hydroxylation sites is 2. The van der Waals surface area contributed by atoms with Gasteiger partial charge >= 0.3 is 0 Å². The minimum atomic E-state index is -0.00627.